The van der Waals surface area contributed by atoms with E-state index in [1.165, 1.54) is 24.8 Å². The van der Waals surface area contributed by atoms with Crippen LogP contribution in [0.4, 0.5) is 0 Å². The van der Waals surface area contributed by atoms with Gasteiger partial charge in [0.2, 0.25) is 0 Å². The molecule has 0 radical (unpaired) electrons. The van der Waals surface area contributed by atoms with Gasteiger partial charge in [-0.25, -0.2) is 0 Å². The first-order valence-electron chi connectivity index (χ1n) is 7.69. The summed E-state index contributed by atoms with van der Waals surface area (Å²) in [6.07, 6.45) is 7.93. The number of aliphatic hydroxyl groups is 1. The Morgan fingerprint density at radius 3 is 2.63 bits per heavy atom. The maximum absolute atomic E-state index is 10.2. The average molecular weight is 260 g/mol. The molecule has 1 N–H and O–H groups in total. The molecule has 2 heteroatoms. The normalized spacial score (nSPS) is 28.9. The number of ether oxygens (including phenoxy) is 1. The van der Waals surface area contributed by atoms with E-state index in [0.29, 0.717) is 0 Å². The van der Waals surface area contributed by atoms with Gasteiger partial charge in [-0.3, -0.25) is 0 Å². The van der Waals surface area contributed by atoms with Crippen molar-refractivity contribution < 1.29 is 9.84 Å². The Labute approximate surface area is 115 Å². The van der Waals surface area contributed by atoms with E-state index >= 15 is 0 Å². The molecule has 2 unspecified atom stereocenters. The first-order valence-corrected chi connectivity index (χ1v) is 7.69. The van der Waals surface area contributed by atoms with E-state index in [-0.39, 0.29) is 17.6 Å². The maximum Gasteiger partial charge on any atom is 0.122 e. The third-order valence-corrected chi connectivity index (χ3v) is 5.15. The third kappa shape index (κ3) is 2.16. The number of rotatable bonds is 3. The van der Waals surface area contributed by atoms with Crippen LogP contribution in [0.1, 0.15) is 51.0 Å². The molecule has 0 heterocycles. The smallest absolute Gasteiger partial charge is 0.122 e. The molecule has 2 atom stereocenters. The fraction of sp³-hybridized carbons (Fsp3) is 0.647. The summed E-state index contributed by atoms with van der Waals surface area (Å²) in [6.45, 7) is 2.16. The average Bonchev–Trinajstić information content (AvgIpc) is 2.48. The van der Waals surface area contributed by atoms with E-state index in [1.807, 2.05) is 6.07 Å². The number of aliphatic hydroxyl groups excluding tert-OH is 1. The predicted octanol–water partition coefficient (Wildman–Crippen LogP) is 3.71. The molecule has 2 saturated carbocycles. The quantitative estimate of drug-likeness (QED) is 0.897. The van der Waals surface area contributed by atoms with Gasteiger partial charge >= 0.3 is 0 Å². The van der Waals surface area contributed by atoms with Gasteiger partial charge in [-0.05, 0) is 30.9 Å². The van der Waals surface area contributed by atoms with Crippen LogP contribution in [-0.4, -0.2) is 17.3 Å². The Morgan fingerprint density at radius 1 is 1.21 bits per heavy atom. The molecule has 2 nitrogen and oxygen atoms in total. The summed E-state index contributed by atoms with van der Waals surface area (Å²) >= 11 is 0. The minimum Gasteiger partial charge on any atom is -0.489 e. The van der Waals surface area contributed by atoms with Crippen LogP contribution in [0.5, 0.6) is 5.75 Å². The summed E-state index contributed by atoms with van der Waals surface area (Å²) in [6, 6.07) is 8.31. The van der Waals surface area contributed by atoms with Crippen molar-refractivity contribution in [1.82, 2.24) is 0 Å². The molecule has 1 aromatic carbocycles. The molecule has 1 spiro atoms. The van der Waals surface area contributed by atoms with Gasteiger partial charge in [0.15, 0.2) is 0 Å². The number of hydrogen-bond acceptors (Lipinski definition) is 2. The van der Waals surface area contributed by atoms with Gasteiger partial charge in [0, 0.05) is 11.8 Å². The molecule has 3 rings (SSSR count). The Bertz CT molecular complexity index is 435. The van der Waals surface area contributed by atoms with Gasteiger partial charge in [0.25, 0.3) is 0 Å². The van der Waals surface area contributed by atoms with Crippen LogP contribution < -0.4 is 4.74 Å². The second kappa shape index (κ2) is 5.16. The lowest BCUT2D eigenvalue weighted by atomic mass is 9.56. The lowest BCUT2D eigenvalue weighted by molar-refractivity contribution is -0.172. The summed E-state index contributed by atoms with van der Waals surface area (Å²) in [5.74, 6) is 1.02. The van der Waals surface area contributed by atoms with Gasteiger partial charge in [-0.1, -0.05) is 44.4 Å². The van der Waals surface area contributed by atoms with Crippen molar-refractivity contribution in [2.75, 3.05) is 0 Å². The fourth-order valence-corrected chi connectivity index (χ4v) is 3.82. The summed E-state index contributed by atoms with van der Waals surface area (Å²) < 4.78 is 6.28. The van der Waals surface area contributed by atoms with Crippen LogP contribution in [0, 0.1) is 5.41 Å². The topological polar surface area (TPSA) is 29.5 Å². The second-order valence-electron chi connectivity index (χ2n) is 6.11. The molecule has 0 saturated heterocycles. The van der Waals surface area contributed by atoms with Crippen molar-refractivity contribution in [3.8, 4) is 5.75 Å². The molecule has 0 bridgehead atoms. The molecule has 1 aromatic rings. The van der Waals surface area contributed by atoms with Crippen molar-refractivity contribution >= 4 is 0 Å². The molecule has 2 aliphatic rings. The van der Waals surface area contributed by atoms with Gasteiger partial charge in [0.05, 0.1) is 6.10 Å². The monoisotopic (exact) mass is 260 g/mol. The molecule has 19 heavy (non-hydrogen) atoms. The van der Waals surface area contributed by atoms with E-state index in [1.54, 1.807) is 0 Å². The van der Waals surface area contributed by atoms with Crippen LogP contribution in [-0.2, 0) is 6.42 Å². The molecule has 0 aliphatic heterocycles. The first-order chi connectivity index (χ1) is 9.26. The number of hydrogen-bond donors (Lipinski definition) is 1. The van der Waals surface area contributed by atoms with Gasteiger partial charge in [-0.15, -0.1) is 0 Å². The largest absolute Gasteiger partial charge is 0.489 e. The molecular formula is C17H24O2. The standard InChI is InChI=1S/C17H24O2/c1-2-13-8-4-5-9-14(13)19-16-12-15(18)17(16)10-6-3-7-11-17/h4-5,8-9,15-16,18H,2-3,6-7,10-12H2,1H3. The van der Waals surface area contributed by atoms with Gasteiger partial charge in [0.1, 0.15) is 11.9 Å². The highest BCUT2D eigenvalue weighted by Crippen LogP contribution is 2.53. The van der Waals surface area contributed by atoms with Crippen LogP contribution in [0.15, 0.2) is 24.3 Å². The Morgan fingerprint density at radius 2 is 1.95 bits per heavy atom. The summed E-state index contributed by atoms with van der Waals surface area (Å²) in [4.78, 5) is 0. The highest BCUT2D eigenvalue weighted by atomic mass is 16.5. The molecule has 104 valence electrons. The van der Waals surface area contributed by atoms with E-state index in [4.69, 9.17) is 4.74 Å². The third-order valence-electron chi connectivity index (χ3n) is 5.15. The van der Waals surface area contributed by atoms with Crippen LogP contribution in [0.2, 0.25) is 0 Å². The molecular weight excluding hydrogens is 236 g/mol. The molecule has 2 aliphatic carbocycles. The van der Waals surface area contributed by atoms with Crippen LogP contribution >= 0.6 is 0 Å². The zero-order valence-corrected chi connectivity index (χ0v) is 11.8. The minimum absolute atomic E-state index is 0.0547. The Kier molecular flexibility index (Phi) is 3.53. The van der Waals surface area contributed by atoms with Crippen molar-refractivity contribution in [2.45, 2.75) is 64.1 Å². The maximum atomic E-state index is 10.2. The van der Waals surface area contributed by atoms with E-state index in [2.05, 4.69) is 25.1 Å². The Balaban J connectivity index is 1.76. The highest BCUT2D eigenvalue weighted by Gasteiger charge is 2.56. The minimum atomic E-state index is -0.147. The SMILES string of the molecule is CCc1ccccc1OC1CC(O)C12CCCCC2. The molecule has 0 amide bonds. The molecule has 2 fully saturated rings. The number of aryl methyl sites for hydroxylation is 1. The zero-order chi connectivity index (χ0) is 13.3. The van der Waals surface area contributed by atoms with E-state index in [9.17, 15) is 5.11 Å². The second-order valence-corrected chi connectivity index (χ2v) is 6.11. The predicted molar refractivity (Wildman–Crippen MR) is 76.4 cm³/mol. The van der Waals surface area contributed by atoms with Gasteiger partial charge in [-0.2, -0.15) is 0 Å². The van der Waals surface area contributed by atoms with Crippen molar-refractivity contribution in [1.29, 1.82) is 0 Å². The summed E-state index contributed by atoms with van der Waals surface area (Å²) in [5, 5.41) is 10.2. The fourth-order valence-electron chi connectivity index (χ4n) is 3.82. The number of benzene rings is 1. The summed E-state index contributed by atoms with van der Waals surface area (Å²) in [7, 11) is 0. The van der Waals surface area contributed by atoms with Crippen LogP contribution in [0.3, 0.4) is 0 Å². The summed E-state index contributed by atoms with van der Waals surface area (Å²) in [5.41, 5.74) is 1.33. The zero-order valence-electron chi connectivity index (χ0n) is 11.8. The lowest BCUT2D eigenvalue weighted by Gasteiger charge is -2.55. The van der Waals surface area contributed by atoms with Gasteiger partial charge < -0.3 is 9.84 Å². The molecule has 0 aromatic heterocycles. The van der Waals surface area contributed by atoms with Crippen LogP contribution in [0.25, 0.3) is 0 Å². The van der Waals surface area contributed by atoms with E-state index in [0.717, 1.165) is 31.4 Å². The van der Waals surface area contributed by atoms with Crippen molar-refractivity contribution in [3.63, 3.8) is 0 Å². The lowest BCUT2D eigenvalue weighted by Crippen LogP contribution is -2.60. The Hall–Kier alpha value is -1.02. The highest BCUT2D eigenvalue weighted by molar-refractivity contribution is 5.34. The first kappa shape index (κ1) is 13.0. The van der Waals surface area contributed by atoms with Crippen molar-refractivity contribution in [3.05, 3.63) is 29.8 Å². The van der Waals surface area contributed by atoms with E-state index < -0.39 is 0 Å². The van der Waals surface area contributed by atoms with Crippen molar-refractivity contribution in [2.24, 2.45) is 5.41 Å². The number of para-hydroxylation sites is 1.